The first-order valence-corrected chi connectivity index (χ1v) is 5.75. The van der Waals surface area contributed by atoms with Gasteiger partial charge in [0.15, 0.2) is 0 Å². The first kappa shape index (κ1) is 9.43. The van der Waals surface area contributed by atoms with Crippen molar-refractivity contribution in [1.82, 2.24) is 0 Å². The van der Waals surface area contributed by atoms with E-state index in [0.29, 0.717) is 4.88 Å². The summed E-state index contributed by atoms with van der Waals surface area (Å²) in [4.78, 5) is 13.3. The summed E-state index contributed by atoms with van der Waals surface area (Å²) >= 11 is 2.99. The molecule has 2 nitrogen and oxygen atoms in total. The second kappa shape index (κ2) is 3.55. The van der Waals surface area contributed by atoms with Crippen LogP contribution in [0.3, 0.4) is 0 Å². The van der Waals surface area contributed by atoms with Crippen molar-refractivity contribution >= 4 is 28.6 Å². The van der Waals surface area contributed by atoms with Gasteiger partial charge in [-0.1, -0.05) is 0 Å². The third kappa shape index (κ3) is 1.71. The first-order chi connectivity index (χ1) is 6.66. The maximum absolute atomic E-state index is 10.7. The molecule has 1 N–H and O–H groups in total. The number of thiophene rings is 2. The van der Waals surface area contributed by atoms with Crippen LogP contribution in [0.25, 0.3) is 10.4 Å². The van der Waals surface area contributed by atoms with E-state index in [1.165, 1.54) is 16.2 Å². The van der Waals surface area contributed by atoms with Crippen molar-refractivity contribution in [2.75, 3.05) is 0 Å². The topological polar surface area (TPSA) is 37.3 Å². The predicted molar refractivity (Wildman–Crippen MR) is 59.3 cm³/mol. The molecule has 2 rings (SSSR count). The van der Waals surface area contributed by atoms with Crippen molar-refractivity contribution in [2.45, 2.75) is 6.92 Å². The maximum atomic E-state index is 10.7. The lowest BCUT2D eigenvalue weighted by molar-refractivity contribution is 0.0702. The normalized spacial score (nSPS) is 10.4. The summed E-state index contributed by atoms with van der Waals surface area (Å²) < 4.78 is 0. The van der Waals surface area contributed by atoms with Gasteiger partial charge in [0.1, 0.15) is 4.88 Å². The Bertz CT molecular complexity index is 468. The van der Waals surface area contributed by atoms with Gasteiger partial charge < -0.3 is 5.11 Å². The van der Waals surface area contributed by atoms with Crippen molar-refractivity contribution in [3.05, 3.63) is 33.3 Å². The highest BCUT2D eigenvalue weighted by atomic mass is 32.1. The lowest BCUT2D eigenvalue weighted by Gasteiger charge is -1.88. The Morgan fingerprint density at radius 3 is 2.71 bits per heavy atom. The molecule has 0 aliphatic heterocycles. The minimum Gasteiger partial charge on any atom is -0.477 e. The van der Waals surface area contributed by atoms with E-state index in [4.69, 9.17) is 5.11 Å². The monoisotopic (exact) mass is 224 g/mol. The van der Waals surface area contributed by atoms with Crippen LogP contribution in [-0.2, 0) is 0 Å². The fourth-order valence-corrected chi connectivity index (χ4v) is 2.79. The molecule has 0 aliphatic carbocycles. The zero-order valence-corrected chi connectivity index (χ0v) is 9.11. The Morgan fingerprint density at radius 1 is 1.43 bits per heavy atom. The van der Waals surface area contributed by atoms with Crippen LogP contribution in [0.4, 0.5) is 0 Å². The highest BCUT2D eigenvalue weighted by molar-refractivity contribution is 7.17. The zero-order chi connectivity index (χ0) is 10.1. The number of aryl methyl sites for hydroxylation is 1. The van der Waals surface area contributed by atoms with E-state index in [-0.39, 0.29) is 0 Å². The average Bonchev–Trinajstić information content (AvgIpc) is 2.70. The van der Waals surface area contributed by atoms with E-state index in [1.54, 1.807) is 17.4 Å². The summed E-state index contributed by atoms with van der Waals surface area (Å²) in [6.07, 6.45) is 0. The van der Waals surface area contributed by atoms with E-state index in [9.17, 15) is 4.79 Å². The third-order valence-corrected chi connectivity index (χ3v) is 3.82. The zero-order valence-electron chi connectivity index (χ0n) is 7.48. The molecular weight excluding hydrogens is 216 g/mol. The molecule has 0 fully saturated rings. The van der Waals surface area contributed by atoms with Crippen LogP contribution in [0.5, 0.6) is 0 Å². The second-order valence-corrected chi connectivity index (χ2v) is 5.11. The van der Waals surface area contributed by atoms with Crippen LogP contribution in [0.2, 0.25) is 0 Å². The molecular formula is C10H8O2S2. The average molecular weight is 224 g/mol. The molecule has 0 bridgehead atoms. The molecule has 0 aromatic carbocycles. The highest BCUT2D eigenvalue weighted by Crippen LogP contribution is 2.31. The summed E-state index contributed by atoms with van der Waals surface area (Å²) in [6.45, 7) is 2.04. The first-order valence-electron chi connectivity index (χ1n) is 4.05. The molecule has 2 aromatic heterocycles. The van der Waals surface area contributed by atoms with Crippen LogP contribution >= 0.6 is 22.7 Å². The summed E-state index contributed by atoms with van der Waals surface area (Å²) in [6, 6.07) is 5.58. The van der Waals surface area contributed by atoms with Gasteiger partial charge in [-0.25, -0.2) is 4.79 Å². The summed E-state index contributed by atoms with van der Waals surface area (Å²) in [5, 5.41) is 10.8. The van der Waals surface area contributed by atoms with Crippen molar-refractivity contribution < 1.29 is 9.90 Å². The SMILES string of the molecule is Cc1cc(-c2ccc(C(=O)O)s2)cs1. The summed E-state index contributed by atoms with van der Waals surface area (Å²) in [7, 11) is 0. The minimum absolute atomic E-state index is 0.392. The lowest BCUT2D eigenvalue weighted by Crippen LogP contribution is -1.89. The predicted octanol–water partition coefficient (Wildman–Crippen LogP) is 3.48. The van der Waals surface area contributed by atoms with Gasteiger partial charge in [-0.15, -0.1) is 22.7 Å². The molecule has 0 aliphatic rings. The van der Waals surface area contributed by atoms with E-state index in [0.717, 1.165) is 10.4 Å². The molecule has 2 heterocycles. The molecule has 14 heavy (non-hydrogen) atoms. The number of carboxylic acid groups (broad SMARTS) is 1. The minimum atomic E-state index is -0.854. The largest absolute Gasteiger partial charge is 0.477 e. The van der Waals surface area contributed by atoms with Crippen molar-refractivity contribution in [3.8, 4) is 10.4 Å². The standard InChI is InChI=1S/C10H8O2S2/c1-6-4-7(5-13-6)8-2-3-9(14-8)10(11)12/h2-5H,1H3,(H,11,12). The molecule has 72 valence electrons. The highest BCUT2D eigenvalue weighted by Gasteiger charge is 2.08. The smallest absolute Gasteiger partial charge is 0.345 e. The molecule has 0 spiro atoms. The van der Waals surface area contributed by atoms with Gasteiger partial charge in [-0.2, -0.15) is 0 Å². The lowest BCUT2D eigenvalue weighted by atomic mass is 10.2. The van der Waals surface area contributed by atoms with Gasteiger partial charge in [-0.3, -0.25) is 0 Å². The van der Waals surface area contributed by atoms with Crippen molar-refractivity contribution in [3.63, 3.8) is 0 Å². The molecule has 0 saturated heterocycles. The molecule has 2 aromatic rings. The summed E-state index contributed by atoms with van der Waals surface area (Å²) in [5.41, 5.74) is 1.12. The molecule has 4 heteroatoms. The number of carboxylic acids is 1. The van der Waals surface area contributed by atoms with Crippen molar-refractivity contribution in [1.29, 1.82) is 0 Å². The fraction of sp³-hybridized carbons (Fsp3) is 0.100. The van der Waals surface area contributed by atoms with Crippen LogP contribution < -0.4 is 0 Å². The Morgan fingerprint density at radius 2 is 2.21 bits per heavy atom. The quantitative estimate of drug-likeness (QED) is 0.847. The van der Waals surface area contributed by atoms with E-state index >= 15 is 0 Å². The number of carbonyl (C=O) groups is 1. The Hall–Kier alpha value is -1.13. The van der Waals surface area contributed by atoms with E-state index in [1.807, 2.05) is 18.4 Å². The molecule has 0 saturated carbocycles. The maximum Gasteiger partial charge on any atom is 0.345 e. The molecule has 0 atom stereocenters. The summed E-state index contributed by atoms with van der Waals surface area (Å²) in [5.74, 6) is -0.854. The Labute approximate surface area is 89.5 Å². The van der Waals surface area contributed by atoms with Gasteiger partial charge in [0.2, 0.25) is 0 Å². The fourth-order valence-electron chi connectivity index (χ4n) is 1.18. The molecule has 0 radical (unpaired) electrons. The number of hydrogen-bond donors (Lipinski definition) is 1. The molecule has 0 unspecified atom stereocenters. The van der Waals surface area contributed by atoms with Crippen LogP contribution in [0.15, 0.2) is 23.6 Å². The van der Waals surface area contributed by atoms with E-state index < -0.39 is 5.97 Å². The van der Waals surface area contributed by atoms with Gasteiger partial charge in [0.05, 0.1) is 0 Å². The third-order valence-electron chi connectivity index (χ3n) is 1.83. The van der Waals surface area contributed by atoms with Crippen molar-refractivity contribution in [2.24, 2.45) is 0 Å². The van der Waals surface area contributed by atoms with Crippen LogP contribution in [-0.4, -0.2) is 11.1 Å². The number of aromatic carboxylic acids is 1. The second-order valence-electron chi connectivity index (χ2n) is 2.92. The number of rotatable bonds is 2. The van der Waals surface area contributed by atoms with Gasteiger partial charge in [0.25, 0.3) is 0 Å². The van der Waals surface area contributed by atoms with E-state index in [2.05, 4.69) is 6.07 Å². The Balaban J connectivity index is 2.38. The van der Waals surface area contributed by atoms with Crippen LogP contribution in [0, 0.1) is 6.92 Å². The Kier molecular flexibility index (Phi) is 2.39. The van der Waals surface area contributed by atoms with Gasteiger partial charge in [0, 0.05) is 15.3 Å². The van der Waals surface area contributed by atoms with Gasteiger partial charge in [-0.05, 0) is 30.5 Å². The number of hydrogen-bond acceptors (Lipinski definition) is 3. The molecule has 0 amide bonds. The van der Waals surface area contributed by atoms with Gasteiger partial charge >= 0.3 is 5.97 Å². The van der Waals surface area contributed by atoms with Crippen LogP contribution in [0.1, 0.15) is 14.5 Å².